The number of hydrogen-bond donors (Lipinski definition) is 2. The molecule has 0 heterocycles. The van der Waals surface area contributed by atoms with Gasteiger partial charge in [-0.2, -0.15) is 0 Å². The SMILES string of the molecule is CC(O)C1(Cc2ccc(CO)cc2)CC1. The quantitative estimate of drug-likeness (QED) is 0.789. The lowest BCUT2D eigenvalue weighted by atomic mass is 9.91. The minimum atomic E-state index is -0.213. The number of aliphatic hydroxyl groups is 2. The molecule has 1 unspecified atom stereocenters. The summed E-state index contributed by atoms with van der Waals surface area (Å²) >= 11 is 0. The first-order chi connectivity index (χ1) is 7.16. The Morgan fingerprint density at radius 2 is 1.73 bits per heavy atom. The van der Waals surface area contributed by atoms with Gasteiger partial charge in [0.25, 0.3) is 0 Å². The largest absolute Gasteiger partial charge is 0.393 e. The Labute approximate surface area is 90.6 Å². The summed E-state index contributed by atoms with van der Waals surface area (Å²) in [6.45, 7) is 1.98. The van der Waals surface area contributed by atoms with Crippen molar-refractivity contribution in [3.05, 3.63) is 35.4 Å². The van der Waals surface area contributed by atoms with Gasteiger partial charge < -0.3 is 10.2 Å². The first kappa shape index (κ1) is 10.7. The van der Waals surface area contributed by atoms with Crippen molar-refractivity contribution in [2.75, 3.05) is 0 Å². The van der Waals surface area contributed by atoms with Gasteiger partial charge in [-0.05, 0) is 37.3 Å². The molecule has 82 valence electrons. The average molecular weight is 206 g/mol. The van der Waals surface area contributed by atoms with E-state index < -0.39 is 0 Å². The molecule has 1 aliphatic rings. The normalized spacial score (nSPS) is 19.9. The van der Waals surface area contributed by atoms with Crippen LogP contribution in [0.5, 0.6) is 0 Å². The Hall–Kier alpha value is -0.860. The van der Waals surface area contributed by atoms with Gasteiger partial charge in [0.1, 0.15) is 0 Å². The highest BCUT2D eigenvalue weighted by Crippen LogP contribution is 2.51. The molecule has 2 N–H and O–H groups in total. The summed E-state index contributed by atoms with van der Waals surface area (Å²) in [7, 11) is 0. The van der Waals surface area contributed by atoms with E-state index in [4.69, 9.17) is 5.11 Å². The standard InChI is InChI=1S/C13H18O2/c1-10(15)13(6-7-13)8-11-2-4-12(9-14)5-3-11/h2-5,10,14-15H,6-9H2,1H3. The molecule has 1 fully saturated rings. The lowest BCUT2D eigenvalue weighted by molar-refractivity contribution is 0.110. The predicted molar refractivity (Wildman–Crippen MR) is 59.4 cm³/mol. The Balaban J connectivity index is 2.05. The van der Waals surface area contributed by atoms with Crippen LogP contribution in [0.4, 0.5) is 0 Å². The van der Waals surface area contributed by atoms with E-state index in [0.717, 1.165) is 24.8 Å². The zero-order chi connectivity index (χ0) is 10.9. The fourth-order valence-corrected chi connectivity index (χ4v) is 2.07. The Morgan fingerprint density at radius 3 is 2.13 bits per heavy atom. The van der Waals surface area contributed by atoms with Crippen LogP contribution in [0.3, 0.4) is 0 Å². The Morgan fingerprint density at radius 1 is 1.20 bits per heavy atom. The van der Waals surface area contributed by atoms with Crippen LogP contribution < -0.4 is 0 Å². The Bertz CT molecular complexity index is 323. The van der Waals surface area contributed by atoms with Crippen molar-refractivity contribution < 1.29 is 10.2 Å². The highest BCUT2D eigenvalue weighted by atomic mass is 16.3. The van der Waals surface area contributed by atoms with Gasteiger partial charge in [0.15, 0.2) is 0 Å². The number of hydrogen-bond acceptors (Lipinski definition) is 2. The molecule has 2 rings (SSSR count). The molecule has 0 bridgehead atoms. The van der Waals surface area contributed by atoms with Crippen LogP contribution in [-0.4, -0.2) is 16.3 Å². The van der Waals surface area contributed by atoms with E-state index in [1.165, 1.54) is 5.56 Å². The third kappa shape index (κ3) is 2.21. The fourth-order valence-electron chi connectivity index (χ4n) is 2.07. The van der Waals surface area contributed by atoms with Crippen molar-refractivity contribution in [1.82, 2.24) is 0 Å². The number of rotatable bonds is 4. The van der Waals surface area contributed by atoms with Crippen LogP contribution in [0.2, 0.25) is 0 Å². The zero-order valence-electron chi connectivity index (χ0n) is 9.11. The smallest absolute Gasteiger partial charge is 0.0681 e. The summed E-state index contributed by atoms with van der Waals surface area (Å²) in [5, 5.41) is 18.6. The summed E-state index contributed by atoms with van der Waals surface area (Å²) in [6, 6.07) is 8.00. The van der Waals surface area contributed by atoms with E-state index in [2.05, 4.69) is 0 Å². The van der Waals surface area contributed by atoms with Crippen molar-refractivity contribution in [3.8, 4) is 0 Å². The summed E-state index contributed by atoms with van der Waals surface area (Å²) in [5.41, 5.74) is 2.34. The maximum absolute atomic E-state index is 9.66. The molecule has 1 atom stereocenters. The maximum Gasteiger partial charge on any atom is 0.0681 e. The minimum absolute atomic E-state index is 0.0990. The molecule has 1 aromatic rings. The van der Waals surface area contributed by atoms with E-state index in [1.807, 2.05) is 31.2 Å². The van der Waals surface area contributed by atoms with Crippen molar-refractivity contribution in [2.24, 2.45) is 5.41 Å². The monoisotopic (exact) mass is 206 g/mol. The third-order valence-electron chi connectivity index (χ3n) is 3.54. The molecular weight excluding hydrogens is 188 g/mol. The van der Waals surface area contributed by atoms with Gasteiger partial charge in [-0.3, -0.25) is 0 Å². The van der Waals surface area contributed by atoms with E-state index >= 15 is 0 Å². The Kier molecular flexibility index (Phi) is 2.81. The van der Waals surface area contributed by atoms with Crippen LogP contribution in [0.15, 0.2) is 24.3 Å². The fraction of sp³-hybridized carbons (Fsp3) is 0.538. The molecule has 2 nitrogen and oxygen atoms in total. The van der Waals surface area contributed by atoms with Crippen LogP contribution in [-0.2, 0) is 13.0 Å². The molecule has 1 aliphatic carbocycles. The van der Waals surface area contributed by atoms with Crippen molar-refractivity contribution in [1.29, 1.82) is 0 Å². The van der Waals surface area contributed by atoms with Crippen molar-refractivity contribution >= 4 is 0 Å². The lowest BCUT2D eigenvalue weighted by Gasteiger charge is -2.18. The van der Waals surface area contributed by atoms with Crippen molar-refractivity contribution in [3.63, 3.8) is 0 Å². The molecule has 1 aromatic carbocycles. The van der Waals surface area contributed by atoms with Gasteiger partial charge in [-0.1, -0.05) is 24.3 Å². The van der Waals surface area contributed by atoms with Crippen LogP contribution >= 0.6 is 0 Å². The highest BCUT2D eigenvalue weighted by Gasteiger charge is 2.46. The third-order valence-corrected chi connectivity index (χ3v) is 3.54. The first-order valence-corrected chi connectivity index (χ1v) is 5.53. The summed E-state index contributed by atoms with van der Waals surface area (Å²) < 4.78 is 0. The second-order valence-electron chi connectivity index (χ2n) is 4.69. The van der Waals surface area contributed by atoms with E-state index in [-0.39, 0.29) is 18.1 Å². The molecule has 0 spiro atoms. The molecular formula is C13H18O2. The van der Waals surface area contributed by atoms with Crippen LogP contribution in [0, 0.1) is 5.41 Å². The van der Waals surface area contributed by atoms with Crippen molar-refractivity contribution in [2.45, 2.75) is 38.9 Å². The summed E-state index contributed by atoms with van der Waals surface area (Å²) in [4.78, 5) is 0. The second kappa shape index (κ2) is 3.95. The molecule has 0 aromatic heterocycles. The average Bonchev–Trinajstić information content (AvgIpc) is 3.00. The molecule has 0 radical (unpaired) electrons. The van der Waals surface area contributed by atoms with Gasteiger partial charge in [0.2, 0.25) is 0 Å². The van der Waals surface area contributed by atoms with Crippen LogP contribution in [0.25, 0.3) is 0 Å². The van der Waals surface area contributed by atoms with Gasteiger partial charge in [0.05, 0.1) is 12.7 Å². The predicted octanol–water partition coefficient (Wildman–Crippen LogP) is 1.88. The molecule has 0 amide bonds. The summed E-state index contributed by atoms with van der Waals surface area (Å²) in [5.74, 6) is 0. The lowest BCUT2D eigenvalue weighted by Crippen LogP contribution is -2.20. The number of aliphatic hydroxyl groups excluding tert-OH is 2. The first-order valence-electron chi connectivity index (χ1n) is 5.53. The van der Waals surface area contributed by atoms with E-state index in [1.54, 1.807) is 0 Å². The summed E-state index contributed by atoms with van der Waals surface area (Å²) in [6.07, 6.45) is 3.00. The maximum atomic E-state index is 9.66. The minimum Gasteiger partial charge on any atom is -0.393 e. The number of benzene rings is 1. The van der Waals surface area contributed by atoms with E-state index in [9.17, 15) is 5.11 Å². The molecule has 2 heteroatoms. The van der Waals surface area contributed by atoms with Gasteiger partial charge in [0, 0.05) is 5.41 Å². The molecule has 0 aliphatic heterocycles. The van der Waals surface area contributed by atoms with E-state index in [0.29, 0.717) is 0 Å². The van der Waals surface area contributed by atoms with Gasteiger partial charge in [-0.15, -0.1) is 0 Å². The highest BCUT2D eigenvalue weighted by molar-refractivity contribution is 5.24. The molecule has 1 saturated carbocycles. The second-order valence-corrected chi connectivity index (χ2v) is 4.69. The topological polar surface area (TPSA) is 40.5 Å². The van der Waals surface area contributed by atoms with Gasteiger partial charge in [-0.25, -0.2) is 0 Å². The van der Waals surface area contributed by atoms with Crippen LogP contribution in [0.1, 0.15) is 30.9 Å². The van der Waals surface area contributed by atoms with Gasteiger partial charge >= 0.3 is 0 Å². The molecule has 0 saturated heterocycles. The zero-order valence-corrected chi connectivity index (χ0v) is 9.11. The molecule has 15 heavy (non-hydrogen) atoms.